The molecule has 0 spiro atoms. The van der Waals surface area contributed by atoms with E-state index < -0.39 is 0 Å². The lowest BCUT2D eigenvalue weighted by molar-refractivity contribution is 0.583. The monoisotopic (exact) mass is 266 g/mol. The molecule has 5 heteroatoms. The van der Waals surface area contributed by atoms with Crippen molar-refractivity contribution in [3.05, 3.63) is 28.2 Å². The van der Waals surface area contributed by atoms with E-state index in [1.165, 1.54) is 0 Å². The van der Waals surface area contributed by atoms with Crippen LogP contribution in [0, 0.1) is 0 Å². The maximum absolute atomic E-state index is 5.74. The fourth-order valence-corrected chi connectivity index (χ4v) is 2.09. The number of thiazole rings is 1. The molecule has 1 aromatic rings. The minimum atomic E-state index is 0.0936. The van der Waals surface area contributed by atoms with Crippen LogP contribution in [0.1, 0.15) is 38.4 Å². The summed E-state index contributed by atoms with van der Waals surface area (Å²) in [5.74, 6) is 0.434. The fraction of sp³-hybridized carbons (Fsp3) is 0.538. The van der Waals surface area contributed by atoms with Crippen LogP contribution < -0.4 is 11.1 Å². The standard InChI is InChI=1S/C13H22N4S/c1-9(2)6-15-12(14)16-7-10-8-18-11(17-10)13(3,4)5/h8H,1,6-7H2,2-5H3,(H3,14,15,16). The van der Waals surface area contributed by atoms with Gasteiger partial charge in [0.1, 0.15) is 0 Å². The zero-order chi connectivity index (χ0) is 13.8. The third-order valence-corrected chi connectivity index (χ3v) is 3.49. The van der Waals surface area contributed by atoms with Gasteiger partial charge in [-0.3, -0.25) is 0 Å². The van der Waals surface area contributed by atoms with Crippen LogP contribution in [0.5, 0.6) is 0 Å². The zero-order valence-corrected chi connectivity index (χ0v) is 12.4. The highest BCUT2D eigenvalue weighted by Crippen LogP contribution is 2.25. The Morgan fingerprint density at radius 2 is 2.22 bits per heavy atom. The van der Waals surface area contributed by atoms with Crippen LogP contribution >= 0.6 is 11.3 Å². The third-order valence-electron chi connectivity index (χ3n) is 2.18. The predicted octanol–water partition coefficient (Wildman–Crippen LogP) is 2.42. The van der Waals surface area contributed by atoms with Gasteiger partial charge in [-0.1, -0.05) is 32.9 Å². The Bertz CT molecular complexity index is 440. The highest BCUT2D eigenvalue weighted by molar-refractivity contribution is 7.09. The topological polar surface area (TPSA) is 63.3 Å². The number of rotatable bonds is 4. The number of aromatic nitrogens is 1. The van der Waals surface area contributed by atoms with E-state index in [0.717, 1.165) is 16.3 Å². The Balaban J connectivity index is 2.55. The number of hydrogen-bond acceptors (Lipinski definition) is 3. The Labute approximate surface area is 113 Å². The van der Waals surface area contributed by atoms with E-state index in [0.29, 0.717) is 19.0 Å². The van der Waals surface area contributed by atoms with Crippen molar-refractivity contribution in [2.45, 2.75) is 39.7 Å². The first kappa shape index (κ1) is 14.7. The summed E-state index contributed by atoms with van der Waals surface area (Å²) in [4.78, 5) is 8.81. The molecular formula is C13H22N4S. The molecule has 3 N–H and O–H groups in total. The molecule has 4 nitrogen and oxygen atoms in total. The average molecular weight is 266 g/mol. The van der Waals surface area contributed by atoms with Crippen molar-refractivity contribution in [1.29, 1.82) is 0 Å². The molecule has 1 rings (SSSR count). The van der Waals surface area contributed by atoms with Gasteiger partial charge in [0.15, 0.2) is 5.96 Å². The molecule has 0 aliphatic heterocycles. The molecule has 0 aliphatic carbocycles. The normalized spacial score (nSPS) is 12.6. The number of hydrogen-bond donors (Lipinski definition) is 2. The van der Waals surface area contributed by atoms with Gasteiger partial charge in [0.25, 0.3) is 0 Å². The van der Waals surface area contributed by atoms with Crippen LogP contribution in [0.3, 0.4) is 0 Å². The molecule has 1 aromatic heterocycles. The second kappa shape index (κ2) is 6.00. The van der Waals surface area contributed by atoms with Gasteiger partial charge in [0.2, 0.25) is 0 Å². The van der Waals surface area contributed by atoms with Crippen LogP contribution in [0.4, 0.5) is 0 Å². The minimum absolute atomic E-state index is 0.0936. The number of aliphatic imine (C=N–C) groups is 1. The van der Waals surface area contributed by atoms with Gasteiger partial charge < -0.3 is 11.1 Å². The molecule has 0 radical (unpaired) electrons. The molecule has 100 valence electrons. The van der Waals surface area contributed by atoms with E-state index in [4.69, 9.17) is 5.73 Å². The summed E-state index contributed by atoms with van der Waals surface area (Å²) >= 11 is 1.67. The second-order valence-corrected chi connectivity index (χ2v) is 6.26. The van der Waals surface area contributed by atoms with Gasteiger partial charge in [-0.2, -0.15) is 0 Å². The first-order chi connectivity index (χ1) is 8.29. The van der Waals surface area contributed by atoms with Crippen LogP contribution in [-0.4, -0.2) is 17.5 Å². The molecule has 1 heterocycles. The smallest absolute Gasteiger partial charge is 0.189 e. The van der Waals surface area contributed by atoms with Crippen molar-refractivity contribution >= 4 is 17.3 Å². The lowest BCUT2D eigenvalue weighted by Gasteiger charge is -2.13. The van der Waals surface area contributed by atoms with Crippen LogP contribution in [-0.2, 0) is 12.0 Å². The van der Waals surface area contributed by atoms with Gasteiger partial charge in [-0.25, -0.2) is 9.98 Å². The summed E-state index contributed by atoms with van der Waals surface area (Å²) < 4.78 is 0. The van der Waals surface area contributed by atoms with E-state index in [1.54, 1.807) is 11.3 Å². The SMILES string of the molecule is C=C(C)CNC(N)=NCc1csc(C(C)(C)C)n1. The van der Waals surface area contributed by atoms with Gasteiger partial charge in [0, 0.05) is 17.3 Å². The van der Waals surface area contributed by atoms with Crippen LogP contribution in [0.25, 0.3) is 0 Å². The molecule has 18 heavy (non-hydrogen) atoms. The van der Waals surface area contributed by atoms with Crippen LogP contribution in [0.2, 0.25) is 0 Å². The largest absolute Gasteiger partial charge is 0.370 e. The number of nitrogens with two attached hydrogens (primary N) is 1. The van der Waals surface area contributed by atoms with Gasteiger partial charge in [0.05, 0.1) is 17.2 Å². The molecule has 0 saturated heterocycles. The summed E-state index contributed by atoms with van der Waals surface area (Å²) in [6, 6.07) is 0. The molecule has 0 bridgehead atoms. The zero-order valence-electron chi connectivity index (χ0n) is 11.6. The van der Waals surface area contributed by atoms with Crippen molar-refractivity contribution in [2.75, 3.05) is 6.54 Å². The van der Waals surface area contributed by atoms with E-state index in [2.05, 4.69) is 42.6 Å². The highest BCUT2D eigenvalue weighted by atomic mass is 32.1. The second-order valence-electron chi connectivity index (χ2n) is 5.41. The van der Waals surface area contributed by atoms with Crippen molar-refractivity contribution in [3.8, 4) is 0 Å². The molecule has 0 aliphatic rings. The molecule has 0 fully saturated rings. The van der Waals surface area contributed by atoms with E-state index >= 15 is 0 Å². The van der Waals surface area contributed by atoms with Gasteiger partial charge in [-0.05, 0) is 6.92 Å². The van der Waals surface area contributed by atoms with Crippen LogP contribution in [0.15, 0.2) is 22.5 Å². The number of guanidine groups is 1. The van der Waals surface area contributed by atoms with Gasteiger partial charge in [-0.15, -0.1) is 11.3 Å². The number of nitrogens with one attached hydrogen (secondary N) is 1. The molecular weight excluding hydrogens is 244 g/mol. The predicted molar refractivity (Wildman–Crippen MR) is 79.0 cm³/mol. The summed E-state index contributed by atoms with van der Waals surface area (Å²) in [7, 11) is 0. The van der Waals surface area contributed by atoms with Crippen molar-refractivity contribution < 1.29 is 0 Å². The third kappa shape index (κ3) is 4.87. The quantitative estimate of drug-likeness (QED) is 0.500. The van der Waals surface area contributed by atoms with Crippen molar-refractivity contribution in [1.82, 2.24) is 10.3 Å². The lowest BCUT2D eigenvalue weighted by Crippen LogP contribution is -2.32. The van der Waals surface area contributed by atoms with Gasteiger partial charge >= 0.3 is 0 Å². The maximum Gasteiger partial charge on any atom is 0.189 e. The fourth-order valence-electron chi connectivity index (χ4n) is 1.19. The first-order valence-electron chi connectivity index (χ1n) is 5.92. The Kier molecular flexibility index (Phi) is 4.90. The van der Waals surface area contributed by atoms with Crippen molar-refractivity contribution in [3.63, 3.8) is 0 Å². The molecule has 0 atom stereocenters. The van der Waals surface area contributed by atoms with E-state index in [9.17, 15) is 0 Å². The Hall–Kier alpha value is -1.36. The molecule has 0 aromatic carbocycles. The average Bonchev–Trinajstić information content (AvgIpc) is 2.71. The summed E-state index contributed by atoms with van der Waals surface area (Å²) in [6.45, 7) is 13.4. The summed E-state index contributed by atoms with van der Waals surface area (Å²) in [5, 5.41) is 6.16. The first-order valence-corrected chi connectivity index (χ1v) is 6.80. The molecule has 0 saturated carbocycles. The maximum atomic E-state index is 5.74. The molecule has 0 amide bonds. The highest BCUT2D eigenvalue weighted by Gasteiger charge is 2.17. The number of nitrogens with zero attached hydrogens (tertiary/aromatic N) is 2. The van der Waals surface area contributed by atoms with Crippen molar-refractivity contribution in [2.24, 2.45) is 10.7 Å². The van der Waals surface area contributed by atoms with E-state index in [1.807, 2.05) is 12.3 Å². The minimum Gasteiger partial charge on any atom is -0.370 e. The lowest BCUT2D eigenvalue weighted by atomic mass is 9.98. The Morgan fingerprint density at radius 3 is 2.72 bits per heavy atom. The summed E-state index contributed by atoms with van der Waals surface area (Å²) in [6.07, 6.45) is 0. The Morgan fingerprint density at radius 1 is 1.56 bits per heavy atom. The summed E-state index contributed by atoms with van der Waals surface area (Å²) in [5.41, 5.74) is 7.82. The molecule has 0 unspecified atom stereocenters. The van der Waals surface area contributed by atoms with E-state index in [-0.39, 0.29) is 5.41 Å².